The van der Waals surface area contributed by atoms with Crippen molar-refractivity contribution in [3.8, 4) is 16.9 Å². The van der Waals surface area contributed by atoms with Crippen LogP contribution < -0.4 is 4.74 Å². The average Bonchev–Trinajstić information content (AvgIpc) is 2.82. The monoisotopic (exact) mass is 416 g/mol. The molecule has 3 aromatic rings. The van der Waals surface area contributed by atoms with Gasteiger partial charge in [0.1, 0.15) is 18.2 Å². The summed E-state index contributed by atoms with van der Waals surface area (Å²) in [6.45, 7) is 6.44. The number of ether oxygens (including phenoxy) is 1. The van der Waals surface area contributed by atoms with E-state index in [1.54, 1.807) is 6.08 Å². The van der Waals surface area contributed by atoms with Crippen LogP contribution in [0, 0.1) is 17.7 Å². The molecule has 0 aromatic heterocycles. The summed E-state index contributed by atoms with van der Waals surface area (Å²) in [5.41, 5.74) is 2.81. The molecule has 0 bridgehead atoms. The Morgan fingerprint density at radius 1 is 0.968 bits per heavy atom. The quantitative estimate of drug-likeness (QED) is 0.335. The maximum atomic E-state index is 15.3. The van der Waals surface area contributed by atoms with Gasteiger partial charge in [0.25, 0.3) is 0 Å². The lowest BCUT2D eigenvalue weighted by molar-refractivity contribution is 0.259. The molecule has 0 saturated heterocycles. The van der Waals surface area contributed by atoms with Crippen molar-refractivity contribution in [1.29, 1.82) is 0 Å². The fourth-order valence-corrected chi connectivity index (χ4v) is 4.90. The van der Waals surface area contributed by atoms with Crippen LogP contribution in [0.25, 0.3) is 21.9 Å². The maximum Gasteiger partial charge on any atom is 0.138 e. The molecule has 2 heteroatoms. The van der Waals surface area contributed by atoms with Crippen LogP contribution in [0.5, 0.6) is 5.75 Å². The number of benzene rings is 3. The molecule has 0 aliphatic heterocycles. The van der Waals surface area contributed by atoms with Crippen molar-refractivity contribution in [3.05, 3.63) is 78.6 Å². The highest BCUT2D eigenvalue weighted by Gasteiger charge is 2.19. The molecule has 1 fully saturated rings. The van der Waals surface area contributed by atoms with Gasteiger partial charge in [0.15, 0.2) is 0 Å². The molecule has 1 saturated carbocycles. The molecule has 0 atom stereocenters. The first kappa shape index (κ1) is 21.6. The minimum atomic E-state index is -0.151. The van der Waals surface area contributed by atoms with Crippen molar-refractivity contribution in [3.63, 3.8) is 0 Å². The van der Waals surface area contributed by atoms with Crippen molar-refractivity contribution in [2.24, 2.45) is 11.8 Å². The first-order valence-corrected chi connectivity index (χ1v) is 11.7. The molecule has 1 aliphatic rings. The van der Waals surface area contributed by atoms with E-state index in [1.165, 1.54) is 44.1 Å². The molecule has 1 nitrogen and oxygen atoms in total. The second-order valence-corrected chi connectivity index (χ2v) is 8.94. The van der Waals surface area contributed by atoms with E-state index in [1.807, 2.05) is 42.5 Å². The highest BCUT2D eigenvalue weighted by atomic mass is 19.1. The number of rotatable bonds is 8. The first-order chi connectivity index (χ1) is 15.2. The van der Waals surface area contributed by atoms with Crippen LogP contribution in [0.3, 0.4) is 0 Å². The van der Waals surface area contributed by atoms with Crippen LogP contribution in [0.4, 0.5) is 4.39 Å². The van der Waals surface area contributed by atoms with E-state index in [4.69, 9.17) is 4.74 Å². The summed E-state index contributed by atoms with van der Waals surface area (Å²) in [6.07, 6.45) is 10.9. The van der Waals surface area contributed by atoms with Crippen LogP contribution in [-0.4, -0.2) is 6.61 Å². The van der Waals surface area contributed by atoms with Gasteiger partial charge in [-0.3, -0.25) is 0 Å². The highest BCUT2D eigenvalue weighted by molar-refractivity contribution is 5.88. The third-order valence-electron chi connectivity index (χ3n) is 6.94. The van der Waals surface area contributed by atoms with Crippen LogP contribution >= 0.6 is 0 Å². The molecule has 3 aromatic carbocycles. The van der Waals surface area contributed by atoms with Gasteiger partial charge in [-0.2, -0.15) is 0 Å². The third-order valence-corrected chi connectivity index (χ3v) is 6.94. The predicted molar refractivity (Wildman–Crippen MR) is 129 cm³/mol. The van der Waals surface area contributed by atoms with Crippen molar-refractivity contribution in [1.82, 2.24) is 0 Å². The summed E-state index contributed by atoms with van der Waals surface area (Å²) < 4.78 is 20.8. The number of fused-ring (bicyclic) bond motifs is 1. The Hall–Kier alpha value is -2.61. The van der Waals surface area contributed by atoms with Gasteiger partial charge in [-0.15, -0.1) is 0 Å². The van der Waals surface area contributed by atoms with Crippen LogP contribution in [0.15, 0.2) is 67.3 Å². The van der Waals surface area contributed by atoms with Gasteiger partial charge in [-0.1, -0.05) is 94.1 Å². The van der Waals surface area contributed by atoms with E-state index >= 15 is 4.39 Å². The molecule has 0 spiro atoms. The lowest BCUT2D eigenvalue weighted by Gasteiger charge is -2.27. The molecule has 0 radical (unpaired) electrons. The molecule has 0 amide bonds. The summed E-state index contributed by atoms with van der Waals surface area (Å²) in [7, 11) is 0. The Balaban J connectivity index is 1.46. The second-order valence-electron chi connectivity index (χ2n) is 8.94. The van der Waals surface area contributed by atoms with Gasteiger partial charge in [-0.05, 0) is 53.3 Å². The summed E-state index contributed by atoms with van der Waals surface area (Å²) in [5.74, 6) is 2.42. The third kappa shape index (κ3) is 5.18. The molecule has 0 N–H and O–H groups in total. The molecule has 0 heterocycles. The fourth-order valence-electron chi connectivity index (χ4n) is 4.90. The van der Waals surface area contributed by atoms with E-state index in [9.17, 15) is 0 Å². The Morgan fingerprint density at radius 3 is 2.42 bits per heavy atom. The Morgan fingerprint density at radius 2 is 1.71 bits per heavy atom. The topological polar surface area (TPSA) is 9.23 Å². The van der Waals surface area contributed by atoms with E-state index in [0.29, 0.717) is 17.6 Å². The first-order valence-electron chi connectivity index (χ1n) is 11.7. The largest absolute Gasteiger partial charge is 0.490 e. The summed E-state index contributed by atoms with van der Waals surface area (Å²) >= 11 is 0. The molecule has 162 valence electrons. The van der Waals surface area contributed by atoms with Gasteiger partial charge < -0.3 is 4.74 Å². The lowest BCUT2D eigenvalue weighted by atomic mass is 9.78. The average molecular weight is 417 g/mol. The SMILES string of the molecule is C=CCOc1ccc(-c2ccc3cc(CC[C@H]4CC[C@H](CC)CC4)ccc3c2F)cc1. The lowest BCUT2D eigenvalue weighted by Crippen LogP contribution is -2.14. The summed E-state index contributed by atoms with van der Waals surface area (Å²) in [4.78, 5) is 0. The summed E-state index contributed by atoms with van der Waals surface area (Å²) in [6, 6.07) is 17.7. The second kappa shape index (κ2) is 10.1. The van der Waals surface area contributed by atoms with Crippen molar-refractivity contribution in [2.75, 3.05) is 6.61 Å². The van der Waals surface area contributed by atoms with Gasteiger partial charge in [0.2, 0.25) is 0 Å². The zero-order valence-electron chi connectivity index (χ0n) is 18.6. The van der Waals surface area contributed by atoms with E-state index in [2.05, 4.69) is 25.6 Å². The number of hydrogen-bond acceptors (Lipinski definition) is 1. The van der Waals surface area contributed by atoms with Crippen molar-refractivity contribution in [2.45, 2.75) is 51.9 Å². The number of halogens is 1. The molecular formula is C29H33FO. The standard InChI is InChI=1S/C29H33FO/c1-3-19-31-26-15-12-24(13-16-26)27-18-14-25-20-23(11-17-28(25)29(27)30)10-9-22-7-5-21(4-2)6-8-22/h3,11-18,20-22H,1,4-10,19H2,2H3/t21-,22-. The van der Waals surface area contributed by atoms with E-state index < -0.39 is 0 Å². The van der Waals surface area contributed by atoms with Crippen LogP contribution in [0.1, 0.15) is 51.0 Å². The molecule has 1 aliphatic carbocycles. The van der Waals surface area contributed by atoms with Crippen LogP contribution in [-0.2, 0) is 6.42 Å². The highest BCUT2D eigenvalue weighted by Crippen LogP contribution is 2.34. The minimum absolute atomic E-state index is 0.151. The Bertz CT molecular complexity index is 1010. The van der Waals surface area contributed by atoms with E-state index in [0.717, 1.165) is 35.0 Å². The van der Waals surface area contributed by atoms with Crippen molar-refractivity contribution < 1.29 is 9.13 Å². The number of aryl methyl sites for hydroxylation is 1. The van der Waals surface area contributed by atoms with Gasteiger partial charge in [-0.25, -0.2) is 4.39 Å². The predicted octanol–water partition coefficient (Wildman–Crippen LogP) is 8.36. The molecule has 0 unspecified atom stereocenters. The zero-order valence-corrected chi connectivity index (χ0v) is 18.6. The Kier molecular flexibility index (Phi) is 7.06. The fraction of sp³-hybridized carbons (Fsp3) is 0.379. The van der Waals surface area contributed by atoms with Gasteiger partial charge >= 0.3 is 0 Å². The molecule has 31 heavy (non-hydrogen) atoms. The molecular weight excluding hydrogens is 383 g/mol. The number of hydrogen-bond donors (Lipinski definition) is 0. The minimum Gasteiger partial charge on any atom is -0.490 e. The Labute approximate surface area is 185 Å². The smallest absolute Gasteiger partial charge is 0.138 e. The van der Waals surface area contributed by atoms with Crippen LogP contribution in [0.2, 0.25) is 0 Å². The maximum absolute atomic E-state index is 15.3. The van der Waals surface area contributed by atoms with Gasteiger partial charge in [0, 0.05) is 10.9 Å². The zero-order chi connectivity index (χ0) is 21.6. The normalized spacial score (nSPS) is 18.8. The van der Waals surface area contributed by atoms with Crippen molar-refractivity contribution >= 4 is 10.8 Å². The molecule has 4 rings (SSSR count). The summed E-state index contributed by atoms with van der Waals surface area (Å²) in [5, 5.41) is 1.68. The van der Waals surface area contributed by atoms with Gasteiger partial charge in [0.05, 0.1) is 0 Å². The van der Waals surface area contributed by atoms with E-state index in [-0.39, 0.29) is 5.82 Å².